The number of benzene rings is 3. The second kappa shape index (κ2) is 19.0. The van der Waals surface area contributed by atoms with Crippen LogP contribution in [0.1, 0.15) is 101 Å². The Kier molecular flexibility index (Phi) is 13.8. The normalized spacial score (nSPS) is 25.4. The standard InChI is InChI=1S/C49H65N3O7/c1-6-22-52(47(55)37-19-18-34-14-8-9-15-35(34)30-37)44-33-42(50-59-48(3,4)5)40-31-36(16-10-12-26-53)39(17-11-13-27-54)45-41-32-38(56-29-25-51-23-24-51)20-21-43(41)58-49(44,46(40)45)57-28-7-2/h7-9,14-15,18-21,30-32,36,39,44-46,53-54H,2,6,10-13,16-17,22-29,33H2,1,3-5H3. The molecule has 0 aromatic heterocycles. The maximum absolute atomic E-state index is 15.2. The highest BCUT2D eigenvalue weighted by Crippen LogP contribution is 2.62. The van der Waals surface area contributed by atoms with Gasteiger partial charge in [0, 0.05) is 62.9 Å². The van der Waals surface area contributed by atoms with Crippen molar-refractivity contribution >= 4 is 22.4 Å². The van der Waals surface area contributed by atoms with Gasteiger partial charge in [-0.15, -0.1) is 6.58 Å². The smallest absolute Gasteiger partial charge is 0.254 e. The Balaban J connectivity index is 1.43. The zero-order valence-corrected chi connectivity index (χ0v) is 35.6. The molecule has 4 aliphatic rings. The van der Waals surface area contributed by atoms with Crippen molar-refractivity contribution in [2.45, 2.75) is 102 Å². The van der Waals surface area contributed by atoms with E-state index in [0.29, 0.717) is 31.6 Å². The molecule has 2 N–H and O–H groups in total. The van der Waals surface area contributed by atoms with Gasteiger partial charge in [0.2, 0.25) is 5.79 Å². The maximum Gasteiger partial charge on any atom is 0.254 e. The lowest BCUT2D eigenvalue weighted by atomic mass is 9.55. The fourth-order valence-electron chi connectivity index (χ4n) is 9.65. The number of hydrogen-bond acceptors (Lipinski definition) is 9. The molecule has 1 saturated carbocycles. The Bertz CT molecular complexity index is 1990. The number of oxime groups is 1. The summed E-state index contributed by atoms with van der Waals surface area (Å²) < 4.78 is 21.0. The molecule has 2 aliphatic heterocycles. The van der Waals surface area contributed by atoms with Crippen LogP contribution in [0, 0.1) is 17.8 Å². The highest BCUT2D eigenvalue weighted by Gasteiger charge is 2.65. The Morgan fingerprint density at radius 1 is 1.02 bits per heavy atom. The molecule has 0 bridgehead atoms. The average Bonchev–Trinajstić information content (AvgIpc) is 4.06. The van der Waals surface area contributed by atoms with Crippen LogP contribution in [-0.2, 0) is 9.57 Å². The summed E-state index contributed by atoms with van der Waals surface area (Å²) in [5.74, 6) is -0.0859. The third-order valence-corrected chi connectivity index (χ3v) is 12.4. The van der Waals surface area contributed by atoms with Gasteiger partial charge in [-0.05, 0) is 111 Å². The molecule has 318 valence electrons. The quantitative estimate of drug-likeness (QED) is 0.0506. The molecule has 0 radical (unpaired) electrons. The molecule has 2 aliphatic carbocycles. The minimum atomic E-state index is -1.31. The Hall–Kier alpha value is -4.22. The van der Waals surface area contributed by atoms with Crippen LogP contribution in [0.15, 0.2) is 90.1 Å². The maximum atomic E-state index is 15.2. The van der Waals surface area contributed by atoms with E-state index in [1.54, 1.807) is 6.08 Å². The second-order valence-electron chi connectivity index (χ2n) is 17.7. The first-order chi connectivity index (χ1) is 28.6. The van der Waals surface area contributed by atoms with Gasteiger partial charge in [0.25, 0.3) is 5.91 Å². The van der Waals surface area contributed by atoms with Gasteiger partial charge in [-0.1, -0.05) is 67.4 Å². The van der Waals surface area contributed by atoms with E-state index in [-0.39, 0.29) is 49.4 Å². The van der Waals surface area contributed by atoms with Crippen LogP contribution in [0.2, 0.25) is 0 Å². The average molecular weight is 808 g/mol. The van der Waals surface area contributed by atoms with Crippen molar-refractivity contribution in [1.82, 2.24) is 9.80 Å². The molecule has 10 nitrogen and oxygen atoms in total. The van der Waals surface area contributed by atoms with Crippen molar-refractivity contribution in [3.8, 4) is 11.5 Å². The van der Waals surface area contributed by atoms with Gasteiger partial charge < -0.3 is 34.2 Å². The van der Waals surface area contributed by atoms with Crippen molar-refractivity contribution in [2.24, 2.45) is 22.9 Å². The van der Waals surface area contributed by atoms with Crippen molar-refractivity contribution in [2.75, 3.05) is 52.6 Å². The Labute approximate surface area is 350 Å². The number of fused-ring (bicyclic) bond motifs is 3. The summed E-state index contributed by atoms with van der Waals surface area (Å²) in [5, 5.41) is 26.9. The summed E-state index contributed by atoms with van der Waals surface area (Å²) >= 11 is 0. The molecule has 59 heavy (non-hydrogen) atoms. The number of nitrogens with zero attached hydrogens (tertiary/aromatic N) is 3. The second-order valence-corrected chi connectivity index (χ2v) is 17.7. The molecule has 2 heterocycles. The zero-order chi connectivity index (χ0) is 41.6. The third-order valence-electron chi connectivity index (χ3n) is 12.4. The number of unbranched alkanes of at least 4 members (excludes halogenated alkanes) is 2. The van der Waals surface area contributed by atoms with Crippen molar-refractivity contribution in [3.05, 3.63) is 96.1 Å². The zero-order valence-electron chi connectivity index (χ0n) is 35.6. The Morgan fingerprint density at radius 2 is 1.78 bits per heavy atom. The molecule has 1 saturated heterocycles. The van der Waals surface area contributed by atoms with Gasteiger partial charge in [0.1, 0.15) is 29.7 Å². The number of carbonyl (C=O) groups excluding carboxylic acids is 1. The van der Waals surface area contributed by atoms with Gasteiger partial charge in [-0.3, -0.25) is 9.69 Å². The first kappa shape index (κ1) is 42.9. The SMILES string of the molecule is C=CCOC12Oc3ccc(OCCN4CC4)cc3C3C(CCCCO)C(CCCCO)C=C(C(=NOC(C)(C)C)CC1N(CCC)C(=O)c1ccc4ccccc4c1)C32. The van der Waals surface area contributed by atoms with E-state index >= 15 is 4.79 Å². The molecule has 1 amide bonds. The predicted octanol–water partition coefficient (Wildman–Crippen LogP) is 8.52. The number of aliphatic hydroxyl groups is 2. The minimum absolute atomic E-state index is 0.0917. The number of carbonyl (C=O) groups is 1. The number of hydrogen-bond donors (Lipinski definition) is 2. The largest absolute Gasteiger partial charge is 0.492 e. The molecule has 10 heteroatoms. The van der Waals surface area contributed by atoms with Gasteiger partial charge in [-0.25, -0.2) is 0 Å². The highest BCUT2D eigenvalue weighted by atomic mass is 16.7. The van der Waals surface area contributed by atoms with E-state index in [1.807, 2.05) is 74.2 Å². The van der Waals surface area contributed by atoms with E-state index in [1.165, 1.54) is 0 Å². The Morgan fingerprint density at radius 3 is 2.49 bits per heavy atom. The third kappa shape index (κ3) is 9.57. The van der Waals surface area contributed by atoms with E-state index in [2.05, 4.69) is 36.6 Å². The van der Waals surface area contributed by atoms with Crippen LogP contribution in [0.4, 0.5) is 0 Å². The first-order valence-corrected chi connectivity index (χ1v) is 22.0. The molecular formula is C49H65N3O7. The first-order valence-electron chi connectivity index (χ1n) is 22.0. The number of aliphatic hydroxyl groups excluding tert-OH is 2. The molecular weight excluding hydrogens is 743 g/mol. The van der Waals surface area contributed by atoms with Gasteiger partial charge in [-0.2, -0.15) is 0 Å². The molecule has 2 fully saturated rings. The van der Waals surface area contributed by atoms with Crippen molar-refractivity contribution < 1.29 is 34.1 Å². The highest BCUT2D eigenvalue weighted by molar-refractivity contribution is 6.04. The lowest BCUT2D eigenvalue weighted by molar-refractivity contribution is -0.254. The lowest BCUT2D eigenvalue weighted by Crippen LogP contribution is -2.70. The number of allylic oxidation sites excluding steroid dienone is 1. The molecule has 3 aromatic carbocycles. The van der Waals surface area contributed by atoms with Crippen molar-refractivity contribution in [3.63, 3.8) is 0 Å². The summed E-state index contributed by atoms with van der Waals surface area (Å²) in [6, 6.07) is 19.6. The van der Waals surface area contributed by atoms with E-state index in [0.717, 1.165) is 97.3 Å². The van der Waals surface area contributed by atoms with Crippen LogP contribution >= 0.6 is 0 Å². The van der Waals surface area contributed by atoms with Gasteiger partial charge >= 0.3 is 0 Å². The van der Waals surface area contributed by atoms with Crippen LogP contribution in [0.5, 0.6) is 11.5 Å². The predicted molar refractivity (Wildman–Crippen MR) is 233 cm³/mol. The lowest BCUT2D eigenvalue weighted by Gasteiger charge is -2.60. The van der Waals surface area contributed by atoms with Crippen molar-refractivity contribution in [1.29, 1.82) is 0 Å². The van der Waals surface area contributed by atoms with Crippen LogP contribution in [-0.4, -0.2) is 102 Å². The topological polar surface area (TPSA) is 113 Å². The summed E-state index contributed by atoms with van der Waals surface area (Å²) in [5.41, 5.74) is 2.93. The molecule has 6 atom stereocenters. The summed E-state index contributed by atoms with van der Waals surface area (Å²) in [6.45, 7) is 16.8. The fourth-order valence-corrected chi connectivity index (χ4v) is 9.65. The number of rotatable bonds is 20. The monoisotopic (exact) mass is 807 g/mol. The van der Waals surface area contributed by atoms with Crippen LogP contribution < -0.4 is 9.47 Å². The van der Waals surface area contributed by atoms with Gasteiger partial charge in [0.15, 0.2) is 0 Å². The van der Waals surface area contributed by atoms with E-state index in [9.17, 15) is 10.2 Å². The molecule has 0 spiro atoms. The van der Waals surface area contributed by atoms with E-state index < -0.39 is 17.4 Å². The minimum Gasteiger partial charge on any atom is -0.492 e. The summed E-state index contributed by atoms with van der Waals surface area (Å²) in [6.07, 6.45) is 10.1. The van der Waals surface area contributed by atoms with E-state index in [4.69, 9.17) is 24.2 Å². The van der Waals surface area contributed by atoms with Crippen LogP contribution in [0.3, 0.4) is 0 Å². The van der Waals surface area contributed by atoms with Crippen LogP contribution in [0.25, 0.3) is 10.8 Å². The van der Waals surface area contributed by atoms with Gasteiger partial charge in [0.05, 0.1) is 18.2 Å². The number of amides is 1. The molecule has 7 rings (SSSR count). The number of ether oxygens (including phenoxy) is 3. The summed E-state index contributed by atoms with van der Waals surface area (Å²) in [7, 11) is 0. The summed E-state index contributed by atoms with van der Waals surface area (Å²) in [4.78, 5) is 25.8. The fraction of sp³-hybridized carbons (Fsp3) is 0.551. The molecule has 6 unspecified atom stereocenters. The molecule has 3 aromatic rings.